The molecule has 1 atom stereocenters. The van der Waals surface area contributed by atoms with E-state index in [1.807, 2.05) is 0 Å². The molecule has 7 nitrogen and oxygen atoms in total. The SMILES string of the molecule is C[C@@H](CCCCCNc1cc(F)c(S(=O)(=O)Nc2nccs2)cc1Cl)CNC1CCOCC1. The van der Waals surface area contributed by atoms with E-state index in [2.05, 4.69) is 27.3 Å². The summed E-state index contributed by atoms with van der Waals surface area (Å²) in [4.78, 5) is 3.35. The number of nitrogens with one attached hydrogen (secondary N) is 3. The third kappa shape index (κ3) is 8.36. The van der Waals surface area contributed by atoms with Crippen molar-refractivity contribution < 1.29 is 17.5 Å². The molecular formula is C22H32ClFN4O3S2. The van der Waals surface area contributed by atoms with Gasteiger partial charge in [-0.3, -0.25) is 4.72 Å². The van der Waals surface area contributed by atoms with Crippen molar-refractivity contribution in [1.82, 2.24) is 10.3 Å². The Kier molecular flexibility index (Phi) is 10.2. The Morgan fingerprint density at radius 1 is 1.27 bits per heavy atom. The zero-order valence-electron chi connectivity index (χ0n) is 18.8. The van der Waals surface area contributed by atoms with Crippen LogP contribution in [0.1, 0.15) is 45.4 Å². The van der Waals surface area contributed by atoms with E-state index in [0.29, 0.717) is 24.2 Å². The van der Waals surface area contributed by atoms with E-state index >= 15 is 0 Å². The lowest BCUT2D eigenvalue weighted by Gasteiger charge is -2.24. The number of halogens is 2. The van der Waals surface area contributed by atoms with Crippen molar-refractivity contribution in [2.45, 2.75) is 56.4 Å². The summed E-state index contributed by atoms with van der Waals surface area (Å²) in [7, 11) is -4.11. The van der Waals surface area contributed by atoms with Gasteiger partial charge in [0.2, 0.25) is 0 Å². The maximum absolute atomic E-state index is 14.5. The summed E-state index contributed by atoms with van der Waals surface area (Å²) in [5.74, 6) is -0.242. The van der Waals surface area contributed by atoms with Gasteiger partial charge in [-0.25, -0.2) is 17.8 Å². The van der Waals surface area contributed by atoms with Gasteiger partial charge in [0.1, 0.15) is 10.7 Å². The number of aromatic nitrogens is 1. The van der Waals surface area contributed by atoms with Crippen LogP contribution in [0.15, 0.2) is 28.6 Å². The molecular weight excluding hydrogens is 487 g/mol. The number of ether oxygens (including phenoxy) is 1. The molecule has 1 fully saturated rings. The molecule has 2 aromatic rings. The second-order valence-corrected chi connectivity index (χ2v) is 11.3. The van der Waals surface area contributed by atoms with Crippen molar-refractivity contribution in [3.8, 4) is 0 Å². The van der Waals surface area contributed by atoms with Crippen molar-refractivity contribution in [2.24, 2.45) is 5.92 Å². The molecule has 1 aliphatic rings. The van der Waals surface area contributed by atoms with E-state index < -0.39 is 20.7 Å². The molecule has 0 spiro atoms. The number of hydrogen-bond acceptors (Lipinski definition) is 7. The fourth-order valence-electron chi connectivity index (χ4n) is 3.70. The molecule has 3 rings (SSSR count). The number of anilines is 2. The van der Waals surface area contributed by atoms with Crippen LogP contribution in [0.5, 0.6) is 0 Å². The molecule has 1 aromatic heterocycles. The minimum absolute atomic E-state index is 0.156. The van der Waals surface area contributed by atoms with Crippen LogP contribution < -0.4 is 15.4 Å². The molecule has 0 unspecified atom stereocenters. The minimum Gasteiger partial charge on any atom is -0.384 e. The van der Waals surface area contributed by atoms with E-state index in [1.165, 1.54) is 6.20 Å². The van der Waals surface area contributed by atoms with Crippen molar-refractivity contribution >= 4 is 43.8 Å². The standard InChI is InChI=1S/C22H32ClFN4O3S2/c1-16(15-27-17-6-10-31-11-7-17)5-3-2-4-8-25-20-14-19(24)21(13-18(20)23)33(29,30)28-22-26-9-12-32-22/h9,12-14,16-17,25,27H,2-8,10-11,15H2,1H3,(H,26,28)/t16-/m0/s1. The maximum Gasteiger partial charge on any atom is 0.266 e. The second kappa shape index (κ2) is 12.9. The Balaban J connectivity index is 1.37. The van der Waals surface area contributed by atoms with Crippen molar-refractivity contribution in [2.75, 3.05) is 36.3 Å². The molecule has 33 heavy (non-hydrogen) atoms. The first-order chi connectivity index (χ1) is 15.8. The van der Waals surface area contributed by atoms with Gasteiger partial charge in [0.15, 0.2) is 5.13 Å². The van der Waals surface area contributed by atoms with Gasteiger partial charge < -0.3 is 15.4 Å². The first-order valence-electron chi connectivity index (χ1n) is 11.3. The van der Waals surface area contributed by atoms with Gasteiger partial charge in [-0.2, -0.15) is 0 Å². The number of unbranched alkanes of at least 4 members (excludes halogenated alkanes) is 2. The summed E-state index contributed by atoms with van der Waals surface area (Å²) < 4.78 is 47.0. The lowest BCUT2D eigenvalue weighted by molar-refractivity contribution is 0.0770. The zero-order chi connectivity index (χ0) is 23.7. The van der Waals surface area contributed by atoms with Crippen LogP contribution in [0, 0.1) is 11.7 Å². The number of hydrogen-bond donors (Lipinski definition) is 3. The highest BCUT2D eigenvalue weighted by Crippen LogP contribution is 2.29. The number of nitrogens with zero attached hydrogens (tertiary/aromatic N) is 1. The number of thiazole rings is 1. The maximum atomic E-state index is 14.5. The molecule has 0 radical (unpaired) electrons. The third-order valence-corrected chi connectivity index (χ3v) is 8.11. The van der Waals surface area contributed by atoms with Crippen LogP contribution in [-0.4, -0.2) is 45.7 Å². The van der Waals surface area contributed by atoms with Crippen LogP contribution in [0.25, 0.3) is 0 Å². The van der Waals surface area contributed by atoms with Gasteiger partial charge in [0.05, 0.1) is 10.7 Å². The number of sulfonamides is 1. The van der Waals surface area contributed by atoms with E-state index in [0.717, 1.165) is 81.8 Å². The van der Waals surface area contributed by atoms with E-state index in [4.69, 9.17) is 16.3 Å². The summed E-state index contributed by atoms with van der Waals surface area (Å²) >= 11 is 7.33. The molecule has 3 N–H and O–H groups in total. The fraction of sp³-hybridized carbons (Fsp3) is 0.591. The van der Waals surface area contributed by atoms with Gasteiger partial charge >= 0.3 is 0 Å². The number of benzene rings is 1. The first-order valence-corrected chi connectivity index (χ1v) is 14.1. The van der Waals surface area contributed by atoms with Crippen molar-refractivity contribution in [3.63, 3.8) is 0 Å². The van der Waals surface area contributed by atoms with Crippen LogP contribution in [0.3, 0.4) is 0 Å². The quantitative estimate of drug-likeness (QED) is 0.319. The van der Waals surface area contributed by atoms with Gasteiger partial charge in [-0.1, -0.05) is 31.4 Å². The molecule has 2 heterocycles. The summed E-state index contributed by atoms with van der Waals surface area (Å²) in [6.07, 6.45) is 7.91. The largest absolute Gasteiger partial charge is 0.384 e. The average Bonchev–Trinajstić information content (AvgIpc) is 3.29. The Bertz CT molecular complexity index is 970. The molecule has 0 saturated carbocycles. The Morgan fingerprint density at radius 3 is 2.79 bits per heavy atom. The molecule has 0 amide bonds. The van der Waals surface area contributed by atoms with Gasteiger partial charge in [-0.15, -0.1) is 11.3 Å². The highest BCUT2D eigenvalue weighted by molar-refractivity contribution is 7.93. The molecule has 11 heteroatoms. The van der Waals surface area contributed by atoms with Gasteiger partial charge in [-0.05, 0) is 50.3 Å². The molecule has 1 aliphatic heterocycles. The predicted molar refractivity (Wildman–Crippen MR) is 132 cm³/mol. The lowest BCUT2D eigenvalue weighted by atomic mass is 10.0. The molecule has 1 aromatic carbocycles. The highest BCUT2D eigenvalue weighted by atomic mass is 35.5. The minimum atomic E-state index is -4.11. The molecule has 1 saturated heterocycles. The summed E-state index contributed by atoms with van der Waals surface area (Å²) in [5.41, 5.74) is 0.386. The third-order valence-electron chi connectivity index (χ3n) is 5.63. The summed E-state index contributed by atoms with van der Waals surface area (Å²) in [5, 5.41) is 8.70. The predicted octanol–water partition coefficient (Wildman–Crippen LogP) is 5.11. The normalized spacial score (nSPS) is 16.0. The Labute approximate surface area is 204 Å². The van der Waals surface area contributed by atoms with Crippen LogP contribution >= 0.6 is 22.9 Å². The summed E-state index contributed by atoms with van der Waals surface area (Å²) in [6.45, 7) is 5.65. The first kappa shape index (κ1) is 26.2. The van der Waals surface area contributed by atoms with Crippen LogP contribution in [0.4, 0.5) is 15.2 Å². The number of rotatable bonds is 13. The van der Waals surface area contributed by atoms with Crippen molar-refractivity contribution in [3.05, 3.63) is 34.5 Å². The molecule has 184 valence electrons. The smallest absolute Gasteiger partial charge is 0.266 e. The second-order valence-electron chi connectivity index (χ2n) is 8.38. The van der Waals surface area contributed by atoms with E-state index in [1.54, 1.807) is 5.38 Å². The molecule has 0 aliphatic carbocycles. The molecule has 0 bridgehead atoms. The average molecular weight is 519 g/mol. The Hall–Kier alpha value is -1.46. The monoisotopic (exact) mass is 518 g/mol. The van der Waals surface area contributed by atoms with Crippen LogP contribution in [-0.2, 0) is 14.8 Å². The van der Waals surface area contributed by atoms with Gasteiger partial charge in [0.25, 0.3) is 10.0 Å². The topological polar surface area (TPSA) is 92.4 Å². The van der Waals surface area contributed by atoms with Gasteiger partial charge in [0, 0.05) is 37.4 Å². The lowest BCUT2D eigenvalue weighted by Crippen LogP contribution is -2.37. The van der Waals surface area contributed by atoms with Crippen molar-refractivity contribution in [1.29, 1.82) is 0 Å². The van der Waals surface area contributed by atoms with Crippen LogP contribution in [0.2, 0.25) is 5.02 Å². The highest BCUT2D eigenvalue weighted by Gasteiger charge is 2.22. The zero-order valence-corrected chi connectivity index (χ0v) is 21.2. The van der Waals surface area contributed by atoms with E-state index in [9.17, 15) is 12.8 Å². The van der Waals surface area contributed by atoms with E-state index in [-0.39, 0.29) is 10.2 Å². The summed E-state index contributed by atoms with van der Waals surface area (Å²) in [6, 6.07) is 2.84. The fourth-order valence-corrected chi connectivity index (χ4v) is 5.87. The Morgan fingerprint density at radius 2 is 2.06 bits per heavy atom.